The van der Waals surface area contributed by atoms with Gasteiger partial charge in [-0.05, 0) is 42.7 Å². The van der Waals surface area contributed by atoms with E-state index in [-0.39, 0.29) is 17.7 Å². The van der Waals surface area contributed by atoms with Crippen LogP contribution in [0.3, 0.4) is 0 Å². The molecular formula is C17H27NO3S. The zero-order valence-corrected chi connectivity index (χ0v) is 14.5. The third-order valence-corrected chi connectivity index (χ3v) is 5.88. The highest BCUT2D eigenvalue weighted by molar-refractivity contribution is 7.89. The summed E-state index contributed by atoms with van der Waals surface area (Å²) in [6.07, 6.45) is 1.66. The van der Waals surface area contributed by atoms with Gasteiger partial charge in [0.1, 0.15) is 0 Å². The summed E-state index contributed by atoms with van der Waals surface area (Å²) < 4.78 is 32.7. The van der Waals surface area contributed by atoms with Crippen LogP contribution < -0.4 is 4.72 Å². The zero-order chi connectivity index (χ0) is 16.2. The van der Waals surface area contributed by atoms with Crippen LogP contribution in [0.25, 0.3) is 0 Å². The second-order valence-electron chi connectivity index (χ2n) is 6.50. The standard InChI is InChI=1S/C17H27NO3S/c1-13(2)16-4-6-17(7-5-16)14(3)18-22(19,20)12-15-8-10-21-11-9-15/h4-7,13-15,18H,8-12H2,1-3H3. The maximum absolute atomic E-state index is 12.3. The minimum Gasteiger partial charge on any atom is -0.381 e. The summed E-state index contributed by atoms with van der Waals surface area (Å²) >= 11 is 0. The lowest BCUT2D eigenvalue weighted by molar-refractivity contribution is 0.0723. The Labute approximate surface area is 134 Å². The molecule has 0 spiro atoms. The number of benzene rings is 1. The van der Waals surface area contributed by atoms with Gasteiger partial charge in [0.25, 0.3) is 0 Å². The van der Waals surface area contributed by atoms with Crippen molar-refractivity contribution in [1.29, 1.82) is 0 Å². The van der Waals surface area contributed by atoms with Gasteiger partial charge in [-0.3, -0.25) is 0 Å². The Balaban J connectivity index is 1.95. The summed E-state index contributed by atoms with van der Waals surface area (Å²) in [5, 5.41) is 0. The highest BCUT2D eigenvalue weighted by atomic mass is 32.2. The minimum absolute atomic E-state index is 0.199. The van der Waals surface area contributed by atoms with Gasteiger partial charge >= 0.3 is 0 Å². The predicted octanol–water partition coefficient (Wildman–Crippen LogP) is 3.22. The van der Waals surface area contributed by atoms with Crippen LogP contribution in [0.1, 0.15) is 56.7 Å². The number of ether oxygens (including phenoxy) is 1. The summed E-state index contributed by atoms with van der Waals surface area (Å²) in [6.45, 7) is 7.54. The van der Waals surface area contributed by atoms with E-state index in [1.54, 1.807) is 0 Å². The van der Waals surface area contributed by atoms with Crippen molar-refractivity contribution >= 4 is 10.0 Å². The van der Waals surface area contributed by atoms with Crippen molar-refractivity contribution in [1.82, 2.24) is 4.72 Å². The predicted molar refractivity (Wildman–Crippen MR) is 89.4 cm³/mol. The van der Waals surface area contributed by atoms with Gasteiger partial charge in [0.2, 0.25) is 10.0 Å². The Hall–Kier alpha value is -0.910. The average molecular weight is 325 g/mol. The minimum atomic E-state index is -3.26. The summed E-state index contributed by atoms with van der Waals surface area (Å²) in [5.41, 5.74) is 2.26. The lowest BCUT2D eigenvalue weighted by Gasteiger charge is -2.23. The average Bonchev–Trinajstić information content (AvgIpc) is 2.47. The molecule has 1 saturated heterocycles. The van der Waals surface area contributed by atoms with Gasteiger partial charge < -0.3 is 4.74 Å². The van der Waals surface area contributed by atoms with Gasteiger partial charge in [-0.2, -0.15) is 0 Å². The van der Waals surface area contributed by atoms with E-state index in [4.69, 9.17) is 4.74 Å². The summed E-state index contributed by atoms with van der Waals surface area (Å²) in [5.74, 6) is 0.890. The van der Waals surface area contributed by atoms with Gasteiger partial charge in [0, 0.05) is 19.3 Å². The van der Waals surface area contributed by atoms with Gasteiger partial charge in [0.05, 0.1) is 5.75 Å². The molecule has 1 N–H and O–H groups in total. The number of hydrogen-bond acceptors (Lipinski definition) is 3. The fraction of sp³-hybridized carbons (Fsp3) is 0.647. The van der Waals surface area contributed by atoms with E-state index in [0.29, 0.717) is 19.1 Å². The number of sulfonamides is 1. The molecule has 0 aromatic heterocycles. The molecule has 124 valence electrons. The van der Waals surface area contributed by atoms with E-state index in [2.05, 4.69) is 30.7 Å². The van der Waals surface area contributed by atoms with Crippen LogP contribution in [0.15, 0.2) is 24.3 Å². The van der Waals surface area contributed by atoms with Crippen LogP contribution in [-0.2, 0) is 14.8 Å². The second-order valence-corrected chi connectivity index (χ2v) is 8.30. The van der Waals surface area contributed by atoms with E-state index >= 15 is 0 Å². The molecule has 0 radical (unpaired) electrons. The van der Waals surface area contributed by atoms with E-state index in [9.17, 15) is 8.42 Å². The molecule has 1 unspecified atom stereocenters. The first kappa shape index (κ1) is 17.4. The first-order chi connectivity index (χ1) is 10.4. The third kappa shape index (κ3) is 5.07. The Kier molecular flexibility index (Phi) is 6.01. The lowest BCUT2D eigenvalue weighted by atomic mass is 10.00. The molecule has 0 saturated carbocycles. The summed E-state index contributed by atoms with van der Waals surface area (Å²) in [6, 6.07) is 7.96. The van der Waals surface area contributed by atoms with Crippen molar-refractivity contribution in [3.8, 4) is 0 Å². The molecule has 1 fully saturated rings. The fourth-order valence-electron chi connectivity index (χ4n) is 2.78. The van der Waals surface area contributed by atoms with Crippen LogP contribution in [0.4, 0.5) is 0 Å². The van der Waals surface area contributed by atoms with E-state index in [0.717, 1.165) is 18.4 Å². The van der Waals surface area contributed by atoms with Gasteiger partial charge in [-0.1, -0.05) is 38.1 Å². The van der Waals surface area contributed by atoms with Crippen LogP contribution in [-0.4, -0.2) is 27.4 Å². The Bertz CT molecular complexity index is 560. The monoisotopic (exact) mass is 325 g/mol. The first-order valence-electron chi connectivity index (χ1n) is 8.05. The maximum atomic E-state index is 12.3. The number of rotatable bonds is 6. The molecule has 0 amide bonds. The first-order valence-corrected chi connectivity index (χ1v) is 9.70. The highest BCUT2D eigenvalue weighted by Crippen LogP contribution is 2.21. The van der Waals surface area contributed by atoms with Crippen LogP contribution in [0.2, 0.25) is 0 Å². The maximum Gasteiger partial charge on any atom is 0.212 e. The molecule has 4 nitrogen and oxygen atoms in total. The van der Waals surface area contributed by atoms with Crippen molar-refractivity contribution in [2.45, 2.75) is 45.6 Å². The molecule has 1 atom stereocenters. The number of hydrogen-bond donors (Lipinski definition) is 1. The molecule has 1 aromatic carbocycles. The third-order valence-electron chi connectivity index (χ3n) is 4.26. The summed E-state index contributed by atoms with van der Waals surface area (Å²) in [4.78, 5) is 0. The van der Waals surface area contributed by atoms with Crippen molar-refractivity contribution in [3.63, 3.8) is 0 Å². The fourth-order valence-corrected chi connectivity index (χ4v) is 4.50. The van der Waals surface area contributed by atoms with Crippen molar-refractivity contribution in [2.75, 3.05) is 19.0 Å². The van der Waals surface area contributed by atoms with E-state index in [1.165, 1.54) is 5.56 Å². The molecule has 1 aromatic rings. The zero-order valence-electron chi connectivity index (χ0n) is 13.7. The van der Waals surface area contributed by atoms with Gasteiger partial charge in [0.15, 0.2) is 0 Å². The molecule has 1 heterocycles. The lowest BCUT2D eigenvalue weighted by Crippen LogP contribution is -2.33. The molecule has 1 aliphatic rings. The topological polar surface area (TPSA) is 55.4 Å². The van der Waals surface area contributed by atoms with Crippen molar-refractivity contribution < 1.29 is 13.2 Å². The van der Waals surface area contributed by atoms with Crippen LogP contribution in [0.5, 0.6) is 0 Å². The smallest absolute Gasteiger partial charge is 0.212 e. The molecule has 22 heavy (non-hydrogen) atoms. The molecule has 0 aliphatic carbocycles. The largest absolute Gasteiger partial charge is 0.381 e. The molecule has 5 heteroatoms. The Morgan fingerprint density at radius 1 is 1.09 bits per heavy atom. The highest BCUT2D eigenvalue weighted by Gasteiger charge is 2.23. The molecular weight excluding hydrogens is 298 g/mol. The normalized spacial score (nSPS) is 18.5. The molecule has 0 bridgehead atoms. The van der Waals surface area contributed by atoms with Gasteiger partial charge in [-0.25, -0.2) is 13.1 Å². The van der Waals surface area contributed by atoms with Crippen molar-refractivity contribution in [2.24, 2.45) is 5.92 Å². The van der Waals surface area contributed by atoms with Crippen molar-refractivity contribution in [3.05, 3.63) is 35.4 Å². The SMILES string of the molecule is CC(C)c1ccc(C(C)NS(=O)(=O)CC2CCOCC2)cc1. The molecule has 1 aliphatic heterocycles. The molecule has 2 rings (SSSR count). The van der Waals surface area contributed by atoms with Crippen LogP contribution >= 0.6 is 0 Å². The Morgan fingerprint density at radius 3 is 2.18 bits per heavy atom. The second kappa shape index (κ2) is 7.57. The van der Waals surface area contributed by atoms with Crippen LogP contribution in [0, 0.1) is 5.92 Å². The quantitative estimate of drug-likeness (QED) is 0.874. The number of nitrogens with one attached hydrogen (secondary N) is 1. The van der Waals surface area contributed by atoms with E-state index in [1.807, 2.05) is 19.1 Å². The van der Waals surface area contributed by atoms with E-state index < -0.39 is 10.0 Å². The summed E-state index contributed by atoms with van der Waals surface area (Å²) in [7, 11) is -3.26. The Morgan fingerprint density at radius 2 is 1.64 bits per heavy atom. The van der Waals surface area contributed by atoms with Gasteiger partial charge in [-0.15, -0.1) is 0 Å².